The summed E-state index contributed by atoms with van der Waals surface area (Å²) in [6, 6.07) is 7.99. The molecule has 0 unspecified atom stereocenters. The van der Waals surface area contributed by atoms with Crippen LogP contribution in [0.3, 0.4) is 0 Å². The first-order chi connectivity index (χ1) is 12.0. The lowest BCUT2D eigenvalue weighted by Crippen LogP contribution is -2.20. The highest BCUT2D eigenvalue weighted by atomic mass is 79.9. The molecule has 2 heterocycles. The van der Waals surface area contributed by atoms with E-state index in [4.69, 9.17) is 5.73 Å². The van der Waals surface area contributed by atoms with Gasteiger partial charge < -0.3 is 10.5 Å². The SMILES string of the molecule is Nc1c(Br)c(=O)n(-c2ccc(OC(F)F)cc2)c2cc(C3CC3)sc12. The molecule has 0 amide bonds. The lowest BCUT2D eigenvalue weighted by Gasteiger charge is -2.11. The van der Waals surface area contributed by atoms with E-state index < -0.39 is 6.61 Å². The van der Waals surface area contributed by atoms with Crippen LogP contribution in [0.15, 0.2) is 39.6 Å². The van der Waals surface area contributed by atoms with Crippen molar-refractivity contribution in [1.29, 1.82) is 0 Å². The van der Waals surface area contributed by atoms with Crippen LogP contribution in [-0.2, 0) is 0 Å². The quantitative estimate of drug-likeness (QED) is 0.646. The summed E-state index contributed by atoms with van der Waals surface area (Å²) in [6.07, 6.45) is 2.30. The number of aromatic nitrogens is 1. The minimum Gasteiger partial charge on any atom is -0.435 e. The van der Waals surface area contributed by atoms with Gasteiger partial charge in [-0.15, -0.1) is 11.3 Å². The molecule has 2 N–H and O–H groups in total. The first-order valence-electron chi connectivity index (χ1n) is 7.64. The third-order valence-corrected chi connectivity index (χ3v) is 6.23. The summed E-state index contributed by atoms with van der Waals surface area (Å²) in [5.74, 6) is 0.586. The maximum Gasteiger partial charge on any atom is 0.387 e. The van der Waals surface area contributed by atoms with Gasteiger partial charge in [0.1, 0.15) is 10.2 Å². The summed E-state index contributed by atoms with van der Waals surface area (Å²) in [5, 5.41) is 0. The van der Waals surface area contributed by atoms with Crippen LogP contribution < -0.4 is 16.0 Å². The van der Waals surface area contributed by atoms with Gasteiger partial charge in [0, 0.05) is 10.6 Å². The third kappa shape index (κ3) is 2.93. The summed E-state index contributed by atoms with van der Waals surface area (Å²) < 4.78 is 31.7. The molecule has 1 aromatic carbocycles. The van der Waals surface area contributed by atoms with Gasteiger partial charge in [0.25, 0.3) is 5.56 Å². The number of halogens is 3. The molecular weight excluding hydrogens is 414 g/mol. The molecule has 0 bridgehead atoms. The van der Waals surface area contributed by atoms with Gasteiger partial charge >= 0.3 is 6.61 Å². The number of rotatable bonds is 4. The molecule has 3 aromatic rings. The molecule has 0 radical (unpaired) electrons. The van der Waals surface area contributed by atoms with E-state index in [1.807, 2.05) is 6.07 Å². The lowest BCUT2D eigenvalue weighted by molar-refractivity contribution is -0.0498. The number of pyridine rings is 1. The molecule has 0 spiro atoms. The summed E-state index contributed by atoms with van der Waals surface area (Å²) >= 11 is 4.88. The Hall–Kier alpha value is -1.93. The van der Waals surface area contributed by atoms with Gasteiger partial charge in [0.2, 0.25) is 0 Å². The van der Waals surface area contributed by atoms with Crippen molar-refractivity contribution in [2.24, 2.45) is 0 Å². The zero-order valence-corrected chi connectivity index (χ0v) is 15.2. The molecule has 1 aliphatic rings. The number of nitrogens with zero attached hydrogens (tertiary/aromatic N) is 1. The second-order valence-corrected chi connectivity index (χ2v) is 7.75. The fraction of sp³-hybridized carbons (Fsp3) is 0.235. The second kappa shape index (κ2) is 6.10. The summed E-state index contributed by atoms with van der Waals surface area (Å²) in [5.41, 5.74) is 7.58. The molecule has 2 aromatic heterocycles. The second-order valence-electron chi connectivity index (χ2n) is 5.88. The Kier molecular flexibility index (Phi) is 4.04. The van der Waals surface area contributed by atoms with Gasteiger partial charge in [-0.3, -0.25) is 9.36 Å². The zero-order chi connectivity index (χ0) is 17.7. The van der Waals surface area contributed by atoms with Gasteiger partial charge in [-0.2, -0.15) is 8.78 Å². The molecule has 1 aliphatic carbocycles. The van der Waals surface area contributed by atoms with E-state index >= 15 is 0 Å². The first-order valence-corrected chi connectivity index (χ1v) is 9.25. The van der Waals surface area contributed by atoms with Crippen LogP contribution in [0.1, 0.15) is 23.6 Å². The van der Waals surface area contributed by atoms with E-state index in [9.17, 15) is 13.6 Å². The average molecular weight is 427 g/mol. The van der Waals surface area contributed by atoms with E-state index in [0.717, 1.165) is 23.1 Å². The predicted octanol–water partition coefficient (Wildman–Crippen LogP) is 4.88. The molecule has 0 aliphatic heterocycles. The van der Waals surface area contributed by atoms with Crippen molar-refractivity contribution in [3.63, 3.8) is 0 Å². The minimum absolute atomic E-state index is 0.0431. The molecule has 8 heteroatoms. The number of fused-ring (bicyclic) bond motifs is 1. The standard InChI is InChI=1S/C17H13BrF2N2O2S/c18-13-14(21)15-11(7-12(25-15)8-1-2-8)22(16(13)23)9-3-5-10(6-4-9)24-17(19)20/h3-8,17H,1-2,21H2. The maximum absolute atomic E-state index is 12.8. The number of nitrogen functional groups attached to an aromatic ring is 1. The Bertz CT molecular complexity index is 1010. The topological polar surface area (TPSA) is 57.2 Å². The lowest BCUT2D eigenvalue weighted by atomic mass is 10.2. The number of thiophene rings is 1. The highest BCUT2D eigenvalue weighted by Crippen LogP contribution is 2.46. The molecule has 130 valence electrons. The van der Waals surface area contributed by atoms with Crippen molar-refractivity contribution < 1.29 is 13.5 Å². The third-order valence-electron chi connectivity index (χ3n) is 4.14. The van der Waals surface area contributed by atoms with E-state index in [2.05, 4.69) is 20.7 Å². The zero-order valence-electron chi connectivity index (χ0n) is 12.8. The monoisotopic (exact) mass is 426 g/mol. The minimum atomic E-state index is -2.89. The summed E-state index contributed by atoms with van der Waals surface area (Å²) in [6.45, 7) is -2.89. The number of nitrogens with two attached hydrogens (primary N) is 1. The van der Waals surface area contributed by atoms with Crippen LogP contribution in [-0.4, -0.2) is 11.2 Å². The number of anilines is 1. The van der Waals surface area contributed by atoms with Gasteiger partial charge in [-0.05, 0) is 65.0 Å². The highest BCUT2D eigenvalue weighted by Gasteiger charge is 2.27. The van der Waals surface area contributed by atoms with Crippen LogP contribution in [0.25, 0.3) is 15.9 Å². The smallest absolute Gasteiger partial charge is 0.387 e. The van der Waals surface area contributed by atoms with Crippen molar-refractivity contribution in [1.82, 2.24) is 4.57 Å². The Morgan fingerprint density at radius 1 is 1.28 bits per heavy atom. The molecule has 1 fully saturated rings. The van der Waals surface area contributed by atoms with Crippen LogP contribution in [0.2, 0.25) is 0 Å². The van der Waals surface area contributed by atoms with Crippen molar-refractivity contribution >= 4 is 43.2 Å². The van der Waals surface area contributed by atoms with Crippen LogP contribution in [0.4, 0.5) is 14.5 Å². The van der Waals surface area contributed by atoms with Crippen molar-refractivity contribution in [2.75, 3.05) is 5.73 Å². The predicted molar refractivity (Wildman–Crippen MR) is 98.1 cm³/mol. The molecular formula is C17H13BrF2N2O2S. The number of hydrogen-bond acceptors (Lipinski definition) is 4. The van der Waals surface area contributed by atoms with Crippen LogP contribution in [0.5, 0.6) is 5.75 Å². The number of ether oxygens (including phenoxy) is 1. The van der Waals surface area contributed by atoms with Gasteiger partial charge in [0.05, 0.1) is 15.9 Å². The number of benzene rings is 1. The Balaban J connectivity index is 1.89. The number of hydrogen-bond donors (Lipinski definition) is 1. The van der Waals surface area contributed by atoms with Gasteiger partial charge in [-0.1, -0.05) is 0 Å². The largest absolute Gasteiger partial charge is 0.435 e. The Morgan fingerprint density at radius 2 is 1.96 bits per heavy atom. The molecule has 25 heavy (non-hydrogen) atoms. The fourth-order valence-electron chi connectivity index (χ4n) is 2.78. The average Bonchev–Trinajstić information content (AvgIpc) is 3.34. The van der Waals surface area contributed by atoms with Crippen molar-refractivity contribution in [3.05, 3.63) is 50.0 Å². The molecule has 0 saturated heterocycles. The fourth-order valence-corrected chi connectivity index (χ4v) is 4.57. The van der Waals surface area contributed by atoms with Crippen LogP contribution >= 0.6 is 27.3 Å². The molecule has 1 saturated carbocycles. The summed E-state index contributed by atoms with van der Waals surface area (Å²) in [7, 11) is 0. The first kappa shape index (κ1) is 16.5. The van der Waals surface area contributed by atoms with E-state index in [0.29, 0.717) is 21.8 Å². The van der Waals surface area contributed by atoms with Crippen LogP contribution in [0, 0.1) is 0 Å². The maximum atomic E-state index is 12.8. The highest BCUT2D eigenvalue weighted by molar-refractivity contribution is 9.10. The molecule has 4 rings (SSSR count). The van der Waals surface area contributed by atoms with Gasteiger partial charge in [0.15, 0.2) is 0 Å². The van der Waals surface area contributed by atoms with Crippen molar-refractivity contribution in [3.8, 4) is 11.4 Å². The molecule has 0 atom stereocenters. The normalized spacial score (nSPS) is 14.4. The van der Waals surface area contributed by atoms with E-state index in [-0.39, 0.29) is 11.3 Å². The Labute approximate surface area is 154 Å². The van der Waals surface area contributed by atoms with E-state index in [1.54, 1.807) is 28.0 Å². The Morgan fingerprint density at radius 3 is 2.56 bits per heavy atom. The summed E-state index contributed by atoms with van der Waals surface area (Å²) in [4.78, 5) is 14.0. The number of alkyl halides is 2. The molecule has 4 nitrogen and oxygen atoms in total. The van der Waals surface area contributed by atoms with Gasteiger partial charge in [-0.25, -0.2) is 0 Å². The van der Waals surface area contributed by atoms with E-state index in [1.165, 1.54) is 17.0 Å². The van der Waals surface area contributed by atoms with Crippen molar-refractivity contribution in [2.45, 2.75) is 25.4 Å².